The molecule has 2 aromatic heterocycles. The van der Waals surface area contributed by atoms with Gasteiger partial charge in [-0.3, -0.25) is 4.79 Å². The van der Waals surface area contributed by atoms with Gasteiger partial charge in [-0.1, -0.05) is 42.0 Å². The van der Waals surface area contributed by atoms with Crippen LogP contribution in [0, 0.1) is 6.92 Å². The summed E-state index contributed by atoms with van der Waals surface area (Å²) in [5, 5.41) is 7.27. The highest BCUT2D eigenvalue weighted by atomic mass is 16.5. The molecule has 2 heterocycles. The van der Waals surface area contributed by atoms with Crippen molar-refractivity contribution in [3.05, 3.63) is 83.7 Å². The molecule has 7 heteroatoms. The van der Waals surface area contributed by atoms with Gasteiger partial charge in [-0.2, -0.15) is 5.10 Å². The number of anilines is 1. The van der Waals surface area contributed by atoms with Crippen LogP contribution in [0.2, 0.25) is 0 Å². The lowest BCUT2D eigenvalue weighted by Gasteiger charge is -2.09. The summed E-state index contributed by atoms with van der Waals surface area (Å²) in [6.45, 7) is 4.03. The Morgan fingerprint density at radius 1 is 1.10 bits per heavy atom. The van der Waals surface area contributed by atoms with Crippen LogP contribution >= 0.6 is 0 Å². The van der Waals surface area contributed by atoms with Gasteiger partial charge in [0.1, 0.15) is 5.56 Å². The number of carbonyl (C=O) groups is 2. The molecule has 0 unspecified atom stereocenters. The monoisotopic (exact) mass is 414 g/mol. The van der Waals surface area contributed by atoms with E-state index in [1.165, 1.54) is 6.20 Å². The molecule has 0 fully saturated rings. The van der Waals surface area contributed by atoms with Gasteiger partial charge in [0, 0.05) is 17.4 Å². The number of hydrogen-bond acceptors (Lipinski definition) is 5. The molecule has 0 bridgehead atoms. The standard InChI is InChI=1S/C24H22N4O3/c1-3-31-24(30)20-15-26-28-21(10-11-25-23(20)28)18-8-5-9-19(14-18)27-22(29)13-17-7-4-6-16(2)12-17/h4-12,14-15H,3,13H2,1-2H3,(H,27,29). The van der Waals surface area contributed by atoms with E-state index < -0.39 is 5.97 Å². The molecule has 4 aromatic rings. The predicted molar refractivity (Wildman–Crippen MR) is 118 cm³/mol. The Morgan fingerprint density at radius 2 is 1.94 bits per heavy atom. The summed E-state index contributed by atoms with van der Waals surface area (Å²) < 4.78 is 6.68. The van der Waals surface area contributed by atoms with Crippen molar-refractivity contribution in [3.8, 4) is 11.3 Å². The molecule has 1 N–H and O–H groups in total. The number of esters is 1. The van der Waals surface area contributed by atoms with Crippen molar-refractivity contribution in [2.45, 2.75) is 20.3 Å². The minimum Gasteiger partial charge on any atom is -0.462 e. The van der Waals surface area contributed by atoms with Gasteiger partial charge >= 0.3 is 5.97 Å². The van der Waals surface area contributed by atoms with E-state index in [1.807, 2.05) is 61.5 Å². The number of aryl methyl sites for hydroxylation is 1. The van der Waals surface area contributed by atoms with Crippen molar-refractivity contribution >= 4 is 23.2 Å². The summed E-state index contributed by atoms with van der Waals surface area (Å²) in [6, 6.07) is 17.2. The second-order valence-electron chi connectivity index (χ2n) is 7.14. The van der Waals surface area contributed by atoms with E-state index in [9.17, 15) is 9.59 Å². The fraction of sp³-hybridized carbons (Fsp3) is 0.167. The maximum absolute atomic E-state index is 12.5. The maximum Gasteiger partial charge on any atom is 0.343 e. The highest BCUT2D eigenvalue weighted by molar-refractivity contribution is 5.96. The number of hydrogen-bond donors (Lipinski definition) is 1. The first-order chi connectivity index (χ1) is 15.0. The third-order valence-electron chi connectivity index (χ3n) is 4.79. The van der Waals surface area contributed by atoms with Crippen LogP contribution in [-0.2, 0) is 16.0 Å². The zero-order valence-corrected chi connectivity index (χ0v) is 17.3. The number of fused-ring (bicyclic) bond motifs is 1. The Morgan fingerprint density at radius 3 is 2.74 bits per heavy atom. The molecule has 156 valence electrons. The second-order valence-corrected chi connectivity index (χ2v) is 7.14. The predicted octanol–water partition coefficient (Wildman–Crippen LogP) is 4.06. The molecule has 0 aliphatic carbocycles. The molecule has 2 aromatic carbocycles. The van der Waals surface area contributed by atoms with Crippen molar-refractivity contribution in [3.63, 3.8) is 0 Å². The minimum atomic E-state index is -0.459. The summed E-state index contributed by atoms with van der Waals surface area (Å²) in [5.41, 5.74) is 5.08. The summed E-state index contributed by atoms with van der Waals surface area (Å²) in [6.07, 6.45) is 3.38. The lowest BCUT2D eigenvalue weighted by atomic mass is 10.1. The zero-order chi connectivity index (χ0) is 21.8. The molecule has 0 saturated carbocycles. The molecule has 4 rings (SSSR count). The van der Waals surface area contributed by atoms with Crippen LogP contribution in [0.3, 0.4) is 0 Å². The minimum absolute atomic E-state index is 0.0914. The number of amides is 1. The zero-order valence-electron chi connectivity index (χ0n) is 17.3. The van der Waals surface area contributed by atoms with E-state index in [0.717, 1.165) is 22.4 Å². The van der Waals surface area contributed by atoms with E-state index in [1.54, 1.807) is 17.6 Å². The van der Waals surface area contributed by atoms with E-state index in [2.05, 4.69) is 15.4 Å². The molecule has 0 atom stereocenters. The number of nitrogens with one attached hydrogen (secondary N) is 1. The first-order valence-corrected chi connectivity index (χ1v) is 10.0. The summed E-state index contributed by atoms with van der Waals surface area (Å²) >= 11 is 0. The lowest BCUT2D eigenvalue weighted by Crippen LogP contribution is -2.14. The highest BCUT2D eigenvalue weighted by Crippen LogP contribution is 2.24. The van der Waals surface area contributed by atoms with E-state index in [0.29, 0.717) is 23.3 Å². The summed E-state index contributed by atoms with van der Waals surface area (Å²) in [7, 11) is 0. The van der Waals surface area contributed by atoms with E-state index in [4.69, 9.17) is 4.74 Å². The normalized spacial score (nSPS) is 10.8. The van der Waals surface area contributed by atoms with Gasteiger partial charge in [0.25, 0.3) is 0 Å². The molecule has 0 spiro atoms. The number of aromatic nitrogens is 3. The average molecular weight is 414 g/mol. The van der Waals surface area contributed by atoms with E-state index >= 15 is 0 Å². The van der Waals surface area contributed by atoms with Gasteiger partial charge in [-0.15, -0.1) is 0 Å². The van der Waals surface area contributed by atoms with Crippen LogP contribution in [0.4, 0.5) is 5.69 Å². The first kappa shape index (κ1) is 20.3. The Bertz CT molecular complexity index is 1260. The van der Waals surface area contributed by atoms with Gasteiger partial charge in [0.15, 0.2) is 5.65 Å². The Hall–Kier alpha value is -4.00. The molecule has 1 amide bonds. The fourth-order valence-corrected chi connectivity index (χ4v) is 3.43. The molecule has 0 aliphatic rings. The third kappa shape index (κ3) is 4.45. The van der Waals surface area contributed by atoms with Gasteiger partial charge in [-0.05, 0) is 37.6 Å². The van der Waals surface area contributed by atoms with Crippen molar-refractivity contribution in [1.82, 2.24) is 14.6 Å². The van der Waals surface area contributed by atoms with E-state index in [-0.39, 0.29) is 12.5 Å². The highest BCUT2D eigenvalue weighted by Gasteiger charge is 2.17. The Balaban J connectivity index is 1.59. The molecule has 0 aliphatic heterocycles. The molecular weight excluding hydrogens is 392 g/mol. The number of ether oxygens (including phenoxy) is 1. The first-order valence-electron chi connectivity index (χ1n) is 10.0. The fourth-order valence-electron chi connectivity index (χ4n) is 3.43. The molecule has 0 radical (unpaired) electrons. The number of benzene rings is 2. The van der Waals surface area contributed by atoms with Crippen LogP contribution in [-0.4, -0.2) is 33.1 Å². The largest absolute Gasteiger partial charge is 0.462 e. The van der Waals surface area contributed by atoms with Crippen molar-refractivity contribution < 1.29 is 14.3 Å². The number of nitrogens with zero attached hydrogens (tertiary/aromatic N) is 3. The lowest BCUT2D eigenvalue weighted by molar-refractivity contribution is -0.115. The smallest absolute Gasteiger partial charge is 0.343 e. The third-order valence-corrected chi connectivity index (χ3v) is 4.79. The van der Waals surface area contributed by atoms with Gasteiger partial charge < -0.3 is 10.1 Å². The molecule has 31 heavy (non-hydrogen) atoms. The van der Waals surface area contributed by atoms with Gasteiger partial charge in [0.2, 0.25) is 5.91 Å². The van der Waals surface area contributed by atoms with Gasteiger partial charge in [-0.25, -0.2) is 14.3 Å². The van der Waals surface area contributed by atoms with Crippen LogP contribution in [0.1, 0.15) is 28.4 Å². The SMILES string of the molecule is CCOC(=O)c1cnn2c(-c3cccc(NC(=O)Cc4cccc(C)c4)c3)ccnc12. The summed E-state index contributed by atoms with van der Waals surface area (Å²) in [4.78, 5) is 28.9. The Labute approximate surface area is 179 Å². The van der Waals surface area contributed by atoms with Crippen molar-refractivity contribution in [2.75, 3.05) is 11.9 Å². The summed E-state index contributed by atoms with van der Waals surface area (Å²) in [5.74, 6) is -0.550. The average Bonchev–Trinajstić information content (AvgIpc) is 3.18. The number of carbonyl (C=O) groups excluding carboxylic acids is 2. The second kappa shape index (κ2) is 8.79. The quantitative estimate of drug-likeness (QED) is 0.481. The maximum atomic E-state index is 12.5. The number of rotatable bonds is 6. The van der Waals surface area contributed by atoms with Crippen LogP contribution < -0.4 is 5.32 Å². The van der Waals surface area contributed by atoms with Crippen LogP contribution in [0.25, 0.3) is 16.9 Å². The molecular formula is C24H22N4O3. The van der Waals surface area contributed by atoms with Crippen LogP contribution in [0.15, 0.2) is 67.0 Å². The van der Waals surface area contributed by atoms with Crippen molar-refractivity contribution in [1.29, 1.82) is 0 Å². The van der Waals surface area contributed by atoms with Gasteiger partial charge in [0.05, 0.1) is 24.9 Å². The molecule has 7 nitrogen and oxygen atoms in total. The topological polar surface area (TPSA) is 85.6 Å². The van der Waals surface area contributed by atoms with Crippen molar-refractivity contribution in [2.24, 2.45) is 0 Å². The molecule has 0 saturated heterocycles. The Kier molecular flexibility index (Phi) is 5.75. The van der Waals surface area contributed by atoms with Crippen LogP contribution in [0.5, 0.6) is 0 Å².